The zero-order valence-electron chi connectivity index (χ0n) is 16.5. The SMILES string of the molecule is COc1ccccc1CN(C)C(=O)COC(=O)COc1ccc2ccccc2c1. The van der Waals surface area contributed by atoms with Crippen molar-refractivity contribution in [3.63, 3.8) is 0 Å². The van der Waals surface area contributed by atoms with E-state index in [2.05, 4.69) is 0 Å². The highest BCUT2D eigenvalue weighted by Gasteiger charge is 2.14. The van der Waals surface area contributed by atoms with E-state index in [0.29, 0.717) is 18.0 Å². The Balaban J connectivity index is 1.46. The number of carbonyl (C=O) groups is 2. The molecule has 3 rings (SSSR count). The molecule has 0 aliphatic heterocycles. The molecule has 0 aromatic heterocycles. The molecule has 29 heavy (non-hydrogen) atoms. The number of esters is 1. The highest BCUT2D eigenvalue weighted by atomic mass is 16.6. The van der Waals surface area contributed by atoms with Crippen LogP contribution in [-0.4, -0.2) is 44.1 Å². The summed E-state index contributed by atoms with van der Waals surface area (Å²) < 4.78 is 15.8. The van der Waals surface area contributed by atoms with E-state index in [1.165, 1.54) is 4.90 Å². The van der Waals surface area contributed by atoms with Gasteiger partial charge in [-0.25, -0.2) is 4.79 Å². The van der Waals surface area contributed by atoms with Crippen LogP contribution in [0.4, 0.5) is 0 Å². The van der Waals surface area contributed by atoms with Crippen LogP contribution >= 0.6 is 0 Å². The topological polar surface area (TPSA) is 65.1 Å². The first-order valence-electron chi connectivity index (χ1n) is 9.20. The van der Waals surface area contributed by atoms with Gasteiger partial charge in [-0.3, -0.25) is 4.79 Å². The predicted molar refractivity (Wildman–Crippen MR) is 110 cm³/mol. The number of hydrogen-bond donors (Lipinski definition) is 0. The van der Waals surface area contributed by atoms with E-state index in [1.807, 2.05) is 60.7 Å². The van der Waals surface area contributed by atoms with E-state index >= 15 is 0 Å². The monoisotopic (exact) mass is 393 g/mol. The normalized spacial score (nSPS) is 10.4. The number of carbonyl (C=O) groups excluding carboxylic acids is 2. The molecule has 0 radical (unpaired) electrons. The van der Waals surface area contributed by atoms with Crippen molar-refractivity contribution in [2.75, 3.05) is 27.4 Å². The van der Waals surface area contributed by atoms with Gasteiger partial charge in [0.05, 0.1) is 7.11 Å². The Hall–Kier alpha value is -3.54. The maximum Gasteiger partial charge on any atom is 0.344 e. The van der Waals surface area contributed by atoms with Gasteiger partial charge in [0.1, 0.15) is 11.5 Å². The van der Waals surface area contributed by atoms with E-state index < -0.39 is 5.97 Å². The Kier molecular flexibility index (Phi) is 6.68. The second-order valence-electron chi connectivity index (χ2n) is 6.52. The Morgan fingerprint density at radius 1 is 0.897 bits per heavy atom. The number of methoxy groups -OCH3 is 1. The predicted octanol–water partition coefficient (Wildman–Crippen LogP) is 3.43. The number of rotatable bonds is 8. The molecule has 0 saturated carbocycles. The highest BCUT2D eigenvalue weighted by Crippen LogP contribution is 2.21. The molecule has 6 nitrogen and oxygen atoms in total. The molecule has 0 spiro atoms. The first kappa shape index (κ1) is 20.2. The summed E-state index contributed by atoms with van der Waals surface area (Å²) in [6.45, 7) is -0.249. The number of fused-ring (bicyclic) bond motifs is 1. The van der Waals surface area contributed by atoms with Crippen molar-refractivity contribution in [3.05, 3.63) is 72.3 Å². The lowest BCUT2D eigenvalue weighted by molar-refractivity contribution is -0.153. The van der Waals surface area contributed by atoms with Crippen LogP contribution in [0.15, 0.2) is 66.7 Å². The quantitative estimate of drug-likeness (QED) is 0.549. The third-order valence-electron chi connectivity index (χ3n) is 4.46. The lowest BCUT2D eigenvalue weighted by Gasteiger charge is -2.18. The third-order valence-corrected chi connectivity index (χ3v) is 4.46. The number of hydrogen-bond acceptors (Lipinski definition) is 5. The third kappa shape index (κ3) is 5.48. The van der Waals surface area contributed by atoms with Gasteiger partial charge in [0.15, 0.2) is 13.2 Å². The van der Waals surface area contributed by atoms with E-state index in [0.717, 1.165) is 16.3 Å². The second kappa shape index (κ2) is 9.59. The van der Waals surface area contributed by atoms with Gasteiger partial charge in [-0.1, -0.05) is 48.5 Å². The van der Waals surface area contributed by atoms with E-state index in [-0.39, 0.29) is 19.1 Å². The number of ether oxygens (including phenoxy) is 3. The maximum atomic E-state index is 12.2. The van der Waals surface area contributed by atoms with Crippen LogP contribution in [0.3, 0.4) is 0 Å². The van der Waals surface area contributed by atoms with Crippen molar-refractivity contribution in [3.8, 4) is 11.5 Å². The molecule has 0 heterocycles. The van der Waals surface area contributed by atoms with Crippen LogP contribution in [0.25, 0.3) is 10.8 Å². The number of amides is 1. The van der Waals surface area contributed by atoms with Gasteiger partial charge >= 0.3 is 5.97 Å². The van der Waals surface area contributed by atoms with Gasteiger partial charge in [-0.15, -0.1) is 0 Å². The van der Waals surface area contributed by atoms with Crippen molar-refractivity contribution in [1.29, 1.82) is 0 Å². The summed E-state index contributed by atoms with van der Waals surface area (Å²) in [7, 11) is 3.23. The number of benzene rings is 3. The summed E-state index contributed by atoms with van der Waals surface area (Å²) in [5.74, 6) is 0.361. The molecule has 0 saturated heterocycles. The van der Waals surface area contributed by atoms with Crippen LogP contribution in [0.1, 0.15) is 5.56 Å². The van der Waals surface area contributed by atoms with Crippen molar-refractivity contribution >= 4 is 22.6 Å². The zero-order valence-corrected chi connectivity index (χ0v) is 16.5. The fraction of sp³-hybridized carbons (Fsp3) is 0.217. The van der Waals surface area contributed by atoms with Gasteiger partial charge < -0.3 is 19.1 Å². The van der Waals surface area contributed by atoms with E-state index in [9.17, 15) is 9.59 Å². The van der Waals surface area contributed by atoms with Crippen LogP contribution < -0.4 is 9.47 Å². The summed E-state index contributed by atoms with van der Waals surface area (Å²) >= 11 is 0. The zero-order chi connectivity index (χ0) is 20.6. The number of likely N-dealkylation sites (N-methyl/N-ethyl adjacent to an activating group) is 1. The summed E-state index contributed by atoms with van der Waals surface area (Å²) in [4.78, 5) is 25.6. The van der Waals surface area contributed by atoms with Gasteiger partial charge in [-0.05, 0) is 29.0 Å². The lowest BCUT2D eigenvalue weighted by Crippen LogP contribution is -2.31. The van der Waals surface area contributed by atoms with Crippen molar-refractivity contribution in [2.24, 2.45) is 0 Å². The molecule has 3 aromatic rings. The molecular weight excluding hydrogens is 370 g/mol. The summed E-state index contributed by atoms with van der Waals surface area (Å²) in [6.07, 6.45) is 0. The van der Waals surface area contributed by atoms with Gasteiger partial charge in [0.25, 0.3) is 5.91 Å². The van der Waals surface area contributed by atoms with Gasteiger partial charge in [0, 0.05) is 19.2 Å². The molecule has 0 aliphatic carbocycles. The maximum absolute atomic E-state index is 12.2. The van der Waals surface area contributed by atoms with Crippen molar-refractivity contribution in [2.45, 2.75) is 6.54 Å². The second-order valence-corrected chi connectivity index (χ2v) is 6.52. The Morgan fingerprint density at radius 2 is 1.62 bits per heavy atom. The largest absolute Gasteiger partial charge is 0.496 e. The van der Waals surface area contributed by atoms with Gasteiger partial charge in [-0.2, -0.15) is 0 Å². The molecule has 6 heteroatoms. The fourth-order valence-corrected chi connectivity index (χ4v) is 2.87. The minimum Gasteiger partial charge on any atom is -0.496 e. The number of para-hydroxylation sites is 1. The van der Waals surface area contributed by atoms with E-state index in [4.69, 9.17) is 14.2 Å². The highest BCUT2D eigenvalue weighted by molar-refractivity contribution is 5.84. The average molecular weight is 393 g/mol. The summed E-state index contributed by atoms with van der Waals surface area (Å²) in [5, 5.41) is 2.11. The first-order valence-corrected chi connectivity index (χ1v) is 9.20. The summed E-state index contributed by atoms with van der Waals surface area (Å²) in [5.41, 5.74) is 0.872. The van der Waals surface area contributed by atoms with Gasteiger partial charge in [0.2, 0.25) is 0 Å². The van der Waals surface area contributed by atoms with Crippen LogP contribution in [0.5, 0.6) is 11.5 Å². The summed E-state index contributed by atoms with van der Waals surface area (Å²) in [6, 6.07) is 20.9. The number of nitrogens with zero attached hydrogens (tertiary/aromatic N) is 1. The van der Waals surface area contributed by atoms with Crippen molar-refractivity contribution in [1.82, 2.24) is 4.90 Å². The molecule has 0 aliphatic rings. The minimum absolute atomic E-state index is 0.262. The van der Waals surface area contributed by atoms with Crippen LogP contribution in [0.2, 0.25) is 0 Å². The molecule has 3 aromatic carbocycles. The van der Waals surface area contributed by atoms with Crippen LogP contribution in [-0.2, 0) is 20.9 Å². The molecule has 0 fully saturated rings. The molecule has 0 atom stereocenters. The molecular formula is C23H23NO5. The average Bonchev–Trinajstić information content (AvgIpc) is 2.76. The Labute approximate surface area is 169 Å². The Morgan fingerprint density at radius 3 is 2.41 bits per heavy atom. The van der Waals surface area contributed by atoms with E-state index in [1.54, 1.807) is 20.2 Å². The smallest absolute Gasteiger partial charge is 0.344 e. The molecule has 0 unspecified atom stereocenters. The molecule has 0 bridgehead atoms. The first-order chi connectivity index (χ1) is 14.1. The van der Waals surface area contributed by atoms with Crippen molar-refractivity contribution < 1.29 is 23.8 Å². The van der Waals surface area contributed by atoms with Crippen LogP contribution in [0, 0.1) is 0 Å². The molecule has 1 amide bonds. The molecule has 150 valence electrons. The Bertz CT molecular complexity index is 1000. The lowest BCUT2D eigenvalue weighted by atomic mass is 10.1. The minimum atomic E-state index is -0.600. The standard InChI is InChI=1S/C23H23NO5/c1-24(14-19-9-5-6-10-21(19)27-2)22(25)15-29-23(26)16-28-20-12-11-17-7-3-4-8-18(17)13-20/h3-13H,14-16H2,1-2H3. The fourth-order valence-electron chi connectivity index (χ4n) is 2.87. The molecule has 0 N–H and O–H groups in total.